The first-order valence-corrected chi connectivity index (χ1v) is 9.03. The Hall–Kier alpha value is -1.79. The third-order valence-corrected chi connectivity index (χ3v) is 5.38. The Bertz CT molecular complexity index is 599. The van der Waals surface area contributed by atoms with Gasteiger partial charge in [-0.2, -0.15) is 0 Å². The van der Waals surface area contributed by atoms with Crippen molar-refractivity contribution in [3.8, 4) is 11.5 Å². The van der Waals surface area contributed by atoms with E-state index in [2.05, 4.69) is 4.90 Å². The van der Waals surface area contributed by atoms with Crippen molar-refractivity contribution in [2.75, 3.05) is 40.4 Å². The number of methoxy groups -OCH3 is 2. The molecule has 0 unspecified atom stereocenters. The Kier molecular flexibility index (Phi) is 5.81. The minimum absolute atomic E-state index is 0.138. The van der Waals surface area contributed by atoms with Gasteiger partial charge in [-0.25, -0.2) is 0 Å². The third-order valence-electron chi connectivity index (χ3n) is 5.38. The maximum Gasteiger partial charge on any atom is 0.227 e. The van der Waals surface area contributed by atoms with Gasteiger partial charge in [0.1, 0.15) is 0 Å². The van der Waals surface area contributed by atoms with Gasteiger partial charge in [0.25, 0.3) is 0 Å². The van der Waals surface area contributed by atoms with Crippen LogP contribution >= 0.6 is 0 Å². The molecule has 1 aliphatic carbocycles. The summed E-state index contributed by atoms with van der Waals surface area (Å²) in [4.78, 5) is 16.9. The van der Waals surface area contributed by atoms with E-state index in [1.54, 1.807) is 14.2 Å². The average Bonchev–Trinajstić information content (AvgIpc) is 3.07. The van der Waals surface area contributed by atoms with E-state index in [0.717, 1.165) is 51.0 Å². The van der Waals surface area contributed by atoms with Gasteiger partial charge >= 0.3 is 0 Å². The molecule has 0 radical (unpaired) electrons. The average molecular weight is 348 g/mol. The Morgan fingerprint density at radius 2 is 1.84 bits per heavy atom. The van der Waals surface area contributed by atoms with Crippen molar-refractivity contribution < 1.29 is 19.4 Å². The molecule has 1 heterocycles. The number of ether oxygens (including phenoxy) is 2. The zero-order valence-corrected chi connectivity index (χ0v) is 15.1. The second-order valence-corrected chi connectivity index (χ2v) is 6.85. The molecule has 1 aromatic carbocycles. The molecule has 6 heteroatoms. The quantitative estimate of drug-likeness (QED) is 0.869. The number of hydrogen-bond acceptors (Lipinski definition) is 5. The third kappa shape index (κ3) is 4.07. The number of aliphatic hydroxyl groups excluding tert-OH is 1. The lowest BCUT2D eigenvalue weighted by Gasteiger charge is -2.39. The van der Waals surface area contributed by atoms with E-state index in [9.17, 15) is 9.90 Å². The first-order valence-electron chi connectivity index (χ1n) is 9.03. The summed E-state index contributed by atoms with van der Waals surface area (Å²) in [7, 11) is 3.20. The second-order valence-electron chi connectivity index (χ2n) is 6.85. The molecule has 2 fully saturated rings. The summed E-state index contributed by atoms with van der Waals surface area (Å²) in [6, 6.07) is 5.88. The Morgan fingerprint density at radius 3 is 2.44 bits per heavy atom. The highest BCUT2D eigenvalue weighted by atomic mass is 16.5. The molecule has 1 amide bonds. The normalized spacial score (nSPS) is 24.4. The van der Waals surface area contributed by atoms with Crippen molar-refractivity contribution in [3.05, 3.63) is 23.8 Å². The Balaban J connectivity index is 1.54. The van der Waals surface area contributed by atoms with E-state index >= 15 is 0 Å². The van der Waals surface area contributed by atoms with Crippen LogP contribution in [0, 0.1) is 0 Å². The fourth-order valence-corrected chi connectivity index (χ4v) is 3.93. The second kappa shape index (κ2) is 8.06. The van der Waals surface area contributed by atoms with Gasteiger partial charge in [-0.3, -0.25) is 9.69 Å². The zero-order valence-electron chi connectivity index (χ0n) is 15.1. The van der Waals surface area contributed by atoms with Crippen molar-refractivity contribution in [1.82, 2.24) is 9.80 Å². The summed E-state index contributed by atoms with van der Waals surface area (Å²) in [5.74, 6) is 1.45. The lowest BCUT2D eigenvalue weighted by atomic mass is 10.1. The molecule has 0 bridgehead atoms. The molecule has 1 aliphatic heterocycles. The van der Waals surface area contributed by atoms with Gasteiger partial charge < -0.3 is 19.5 Å². The van der Waals surface area contributed by atoms with Gasteiger partial charge in [-0.05, 0) is 37.0 Å². The molecule has 2 atom stereocenters. The van der Waals surface area contributed by atoms with Crippen molar-refractivity contribution >= 4 is 5.91 Å². The lowest BCUT2D eigenvalue weighted by Crippen LogP contribution is -2.53. The van der Waals surface area contributed by atoms with E-state index in [1.807, 2.05) is 23.1 Å². The molecule has 138 valence electrons. The van der Waals surface area contributed by atoms with Crippen LogP contribution in [0.15, 0.2) is 18.2 Å². The van der Waals surface area contributed by atoms with Gasteiger partial charge in [0.15, 0.2) is 11.5 Å². The number of benzene rings is 1. The largest absolute Gasteiger partial charge is 0.493 e. The fourth-order valence-electron chi connectivity index (χ4n) is 3.93. The van der Waals surface area contributed by atoms with Crippen molar-refractivity contribution in [2.45, 2.75) is 37.8 Å². The molecule has 25 heavy (non-hydrogen) atoms. The minimum Gasteiger partial charge on any atom is -0.493 e. The first-order chi connectivity index (χ1) is 12.1. The molecular formula is C19H28N2O4. The standard InChI is InChI=1S/C19H28N2O4/c1-24-17-7-6-14(12-18(17)25-2)13-19(23)21-10-8-20(9-11-21)15-4-3-5-16(15)22/h6-7,12,15-16,22H,3-5,8-11,13H2,1-2H3/t15-,16-/m0/s1. The number of piperazine rings is 1. The summed E-state index contributed by atoms with van der Waals surface area (Å²) in [6.07, 6.45) is 3.25. The van der Waals surface area contributed by atoms with Crippen LogP contribution in [0.5, 0.6) is 11.5 Å². The Morgan fingerprint density at radius 1 is 1.12 bits per heavy atom. The smallest absolute Gasteiger partial charge is 0.227 e. The highest BCUT2D eigenvalue weighted by Gasteiger charge is 2.33. The van der Waals surface area contributed by atoms with E-state index in [4.69, 9.17) is 9.47 Å². The van der Waals surface area contributed by atoms with E-state index in [0.29, 0.717) is 17.9 Å². The Labute approximate surface area is 149 Å². The van der Waals surface area contributed by atoms with Crippen molar-refractivity contribution in [1.29, 1.82) is 0 Å². The molecule has 2 aliphatic rings. The molecule has 1 aromatic rings. The summed E-state index contributed by atoms with van der Waals surface area (Å²) in [5.41, 5.74) is 0.927. The van der Waals surface area contributed by atoms with Gasteiger partial charge in [-0.1, -0.05) is 6.07 Å². The van der Waals surface area contributed by atoms with Gasteiger partial charge in [0, 0.05) is 32.2 Å². The van der Waals surface area contributed by atoms with E-state index in [1.165, 1.54) is 0 Å². The summed E-state index contributed by atoms with van der Waals surface area (Å²) in [5, 5.41) is 10.1. The maximum absolute atomic E-state index is 12.6. The molecule has 3 rings (SSSR count). The minimum atomic E-state index is -0.200. The van der Waals surface area contributed by atoms with E-state index < -0.39 is 0 Å². The van der Waals surface area contributed by atoms with Crippen LogP contribution < -0.4 is 9.47 Å². The van der Waals surface area contributed by atoms with Crippen LogP contribution in [0.4, 0.5) is 0 Å². The number of nitrogens with zero attached hydrogens (tertiary/aromatic N) is 2. The number of rotatable bonds is 5. The highest BCUT2D eigenvalue weighted by Crippen LogP contribution is 2.28. The predicted molar refractivity (Wildman–Crippen MR) is 95.0 cm³/mol. The maximum atomic E-state index is 12.6. The van der Waals surface area contributed by atoms with Crippen LogP contribution in [0.1, 0.15) is 24.8 Å². The monoisotopic (exact) mass is 348 g/mol. The van der Waals surface area contributed by atoms with Crippen molar-refractivity contribution in [2.24, 2.45) is 0 Å². The lowest BCUT2D eigenvalue weighted by molar-refractivity contribution is -0.132. The zero-order chi connectivity index (χ0) is 17.8. The predicted octanol–water partition coefficient (Wildman–Crippen LogP) is 1.30. The topological polar surface area (TPSA) is 62.2 Å². The van der Waals surface area contributed by atoms with Gasteiger partial charge in [-0.15, -0.1) is 0 Å². The molecular weight excluding hydrogens is 320 g/mol. The molecule has 1 saturated heterocycles. The molecule has 0 aromatic heterocycles. The summed E-state index contributed by atoms with van der Waals surface area (Å²) >= 11 is 0. The number of aliphatic hydroxyl groups is 1. The van der Waals surface area contributed by atoms with Crippen LogP contribution in [0.2, 0.25) is 0 Å². The molecule has 1 N–H and O–H groups in total. The van der Waals surface area contributed by atoms with Crippen LogP contribution in [0.25, 0.3) is 0 Å². The molecule has 1 saturated carbocycles. The molecule has 0 spiro atoms. The van der Waals surface area contributed by atoms with Gasteiger partial charge in [0.05, 0.1) is 26.7 Å². The summed E-state index contributed by atoms with van der Waals surface area (Å²) in [6.45, 7) is 3.16. The number of carbonyl (C=O) groups is 1. The van der Waals surface area contributed by atoms with Gasteiger partial charge in [0.2, 0.25) is 5.91 Å². The first kappa shape index (κ1) is 18.0. The van der Waals surface area contributed by atoms with Crippen LogP contribution in [-0.2, 0) is 11.2 Å². The van der Waals surface area contributed by atoms with Crippen LogP contribution in [0.3, 0.4) is 0 Å². The van der Waals surface area contributed by atoms with Crippen molar-refractivity contribution in [3.63, 3.8) is 0 Å². The molecule has 6 nitrogen and oxygen atoms in total. The SMILES string of the molecule is COc1ccc(CC(=O)N2CCN([C@H]3CCC[C@@H]3O)CC2)cc1OC. The number of carbonyl (C=O) groups excluding carboxylic acids is 1. The number of amides is 1. The summed E-state index contributed by atoms with van der Waals surface area (Å²) < 4.78 is 10.5. The highest BCUT2D eigenvalue weighted by molar-refractivity contribution is 5.79. The van der Waals surface area contributed by atoms with E-state index in [-0.39, 0.29) is 18.1 Å². The number of hydrogen-bond donors (Lipinski definition) is 1. The van der Waals surface area contributed by atoms with Crippen LogP contribution in [-0.4, -0.2) is 73.4 Å². The fraction of sp³-hybridized carbons (Fsp3) is 0.632.